The lowest BCUT2D eigenvalue weighted by molar-refractivity contribution is 0.582. The Morgan fingerprint density at radius 3 is 2.25 bits per heavy atom. The fourth-order valence-electron chi connectivity index (χ4n) is 1.83. The van der Waals surface area contributed by atoms with Crippen molar-refractivity contribution < 1.29 is 12.8 Å². The van der Waals surface area contributed by atoms with E-state index in [9.17, 15) is 12.8 Å². The maximum absolute atomic E-state index is 14.0. The highest BCUT2D eigenvalue weighted by Gasteiger charge is 2.18. The molecule has 0 aliphatic heterocycles. The van der Waals surface area contributed by atoms with Crippen LogP contribution in [0.5, 0.6) is 0 Å². The summed E-state index contributed by atoms with van der Waals surface area (Å²) in [5.74, 6) is -0.926. The molecule has 0 saturated carbocycles. The Labute approximate surface area is 125 Å². The highest BCUT2D eigenvalue weighted by Crippen LogP contribution is 2.21. The lowest BCUT2D eigenvalue weighted by Crippen LogP contribution is -2.09. The Morgan fingerprint density at radius 1 is 1.05 bits per heavy atom. The zero-order valence-electron chi connectivity index (χ0n) is 10.5. The first-order chi connectivity index (χ1) is 9.44. The van der Waals surface area contributed by atoms with Crippen molar-refractivity contribution in [1.29, 1.82) is 0 Å². The van der Waals surface area contributed by atoms with Crippen molar-refractivity contribution >= 4 is 25.8 Å². The Bertz CT molecular complexity index is 714. The minimum atomic E-state index is -3.58. The zero-order chi connectivity index (χ0) is 14.8. The number of rotatable bonds is 4. The monoisotopic (exact) mass is 357 g/mol. The number of halogens is 2. The SMILES string of the molecule is NCc1cccc(CS(=O)(=O)c2ccc(Br)cc2)c1F. The molecule has 0 radical (unpaired) electrons. The molecule has 0 atom stereocenters. The molecule has 2 aromatic rings. The highest BCUT2D eigenvalue weighted by atomic mass is 79.9. The van der Waals surface area contributed by atoms with Gasteiger partial charge in [0.05, 0.1) is 10.6 Å². The van der Waals surface area contributed by atoms with Crippen molar-refractivity contribution in [2.45, 2.75) is 17.2 Å². The minimum absolute atomic E-state index is 0.0397. The van der Waals surface area contributed by atoms with E-state index in [-0.39, 0.29) is 22.8 Å². The van der Waals surface area contributed by atoms with Crippen LogP contribution in [0.3, 0.4) is 0 Å². The third-order valence-electron chi connectivity index (χ3n) is 2.90. The van der Waals surface area contributed by atoms with Gasteiger partial charge >= 0.3 is 0 Å². The number of hydrogen-bond donors (Lipinski definition) is 1. The van der Waals surface area contributed by atoms with Gasteiger partial charge in [0.1, 0.15) is 5.82 Å². The first-order valence-corrected chi connectivity index (χ1v) is 8.33. The van der Waals surface area contributed by atoms with Crippen LogP contribution in [0.4, 0.5) is 4.39 Å². The maximum atomic E-state index is 14.0. The third kappa shape index (κ3) is 3.26. The van der Waals surface area contributed by atoms with Crippen molar-refractivity contribution in [3.8, 4) is 0 Å². The van der Waals surface area contributed by atoms with Gasteiger partial charge in [0, 0.05) is 22.1 Å². The predicted molar refractivity (Wildman–Crippen MR) is 79.3 cm³/mol. The first-order valence-electron chi connectivity index (χ1n) is 5.88. The fourth-order valence-corrected chi connectivity index (χ4v) is 3.45. The summed E-state index contributed by atoms with van der Waals surface area (Å²) in [6.07, 6.45) is 0. The Morgan fingerprint density at radius 2 is 1.65 bits per heavy atom. The van der Waals surface area contributed by atoms with Gasteiger partial charge in [-0.1, -0.05) is 34.1 Å². The molecule has 6 heteroatoms. The van der Waals surface area contributed by atoms with Gasteiger partial charge in [0.2, 0.25) is 0 Å². The summed E-state index contributed by atoms with van der Waals surface area (Å²) in [5, 5.41) is 0. The van der Waals surface area contributed by atoms with Crippen LogP contribution in [0.1, 0.15) is 11.1 Å². The summed E-state index contributed by atoms with van der Waals surface area (Å²) >= 11 is 3.24. The van der Waals surface area contributed by atoms with Gasteiger partial charge in [-0.25, -0.2) is 12.8 Å². The predicted octanol–water partition coefficient (Wildman–Crippen LogP) is 3.02. The molecule has 0 aliphatic carbocycles. The fraction of sp³-hybridized carbons (Fsp3) is 0.143. The van der Waals surface area contributed by atoms with Gasteiger partial charge in [-0.2, -0.15) is 0 Å². The number of benzene rings is 2. The number of hydrogen-bond acceptors (Lipinski definition) is 3. The van der Waals surface area contributed by atoms with Crippen molar-refractivity contribution in [3.05, 3.63) is 63.9 Å². The zero-order valence-corrected chi connectivity index (χ0v) is 12.9. The molecular weight excluding hydrogens is 345 g/mol. The van der Waals surface area contributed by atoms with Gasteiger partial charge in [0.15, 0.2) is 9.84 Å². The molecule has 2 rings (SSSR count). The quantitative estimate of drug-likeness (QED) is 0.914. The minimum Gasteiger partial charge on any atom is -0.326 e. The van der Waals surface area contributed by atoms with Crippen LogP contribution in [-0.2, 0) is 22.1 Å². The van der Waals surface area contributed by atoms with Crippen LogP contribution in [0, 0.1) is 5.82 Å². The molecule has 0 unspecified atom stereocenters. The average molecular weight is 358 g/mol. The van der Waals surface area contributed by atoms with E-state index < -0.39 is 15.7 Å². The standard InChI is InChI=1S/C14H13BrFNO2S/c15-12-4-6-13(7-5-12)20(18,19)9-11-3-1-2-10(8-17)14(11)16/h1-7H,8-9,17H2. The number of nitrogens with two attached hydrogens (primary N) is 1. The largest absolute Gasteiger partial charge is 0.326 e. The molecule has 0 aromatic heterocycles. The molecule has 3 nitrogen and oxygen atoms in total. The maximum Gasteiger partial charge on any atom is 0.182 e. The first kappa shape index (κ1) is 15.2. The number of sulfone groups is 1. The average Bonchev–Trinajstić information content (AvgIpc) is 2.41. The second kappa shape index (κ2) is 6.03. The van der Waals surface area contributed by atoms with Crippen molar-refractivity contribution in [1.82, 2.24) is 0 Å². The van der Waals surface area contributed by atoms with Crippen LogP contribution < -0.4 is 5.73 Å². The summed E-state index contributed by atoms with van der Waals surface area (Å²) in [7, 11) is -3.58. The lowest BCUT2D eigenvalue weighted by Gasteiger charge is -2.08. The van der Waals surface area contributed by atoms with Crippen molar-refractivity contribution in [2.24, 2.45) is 5.73 Å². The van der Waals surface area contributed by atoms with Gasteiger partial charge < -0.3 is 5.73 Å². The van der Waals surface area contributed by atoms with E-state index in [0.29, 0.717) is 5.56 Å². The van der Waals surface area contributed by atoms with Crippen LogP contribution >= 0.6 is 15.9 Å². The molecular formula is C14H13BrFNO2S. The Balaban J connectivity index is 2.36. The molecule has 0 fully saturated rings. The molecule has 0 amide bonds. The lowest BCUT2D eigenvalue weighted by atomic mass is 10.1. The Kier molecular flexibility index (Phi) is 4.57. The summed E-state index contributed by atoms with van der Waals surface area (Å²) in [5.41, 5.74) is 5.86. The van der Waals surface area contributed by atoms with Gasteiger partial charge in [0.25, 0.3) is 0 Å². The van der Waals surface area contributed by atoms with Crippen LogP contribution in [0.15, 0.2) is 51.8 Å². The molecule has 0 spiro atoms. The van der Waals surface area contributed by atoms with Crippen molar-refractivity contribution in [3.63, 3.8) is 0 Å². The van der Waals surface area contributed by atoms with Gasteiger partial charge in [-0.05, 0) is 24.3 Å². The van der Waals surface area contributed by atoms with E-state index in [2.05, 4.69) is 15.9 Å². The molecule has 0 bridgehead atoms. The molecule has 2 N–H and O–H groups in total. The smallest absolute Gasteiger partial charge is 0.182 e. The van der Waals surface area contributed by atoms with Gasteiger partial charge in [-0.3, -0.25) is 0 Å². The second-order valence-electron chi connectivity index (χ2n) is 4.31. The van der Waals surface area contributed by atoms with Crippen molar-refractivity contribution in [2.75, 3.05) is 0 Å². The summed E-state index contributed by atoms with van der Waals surface area (Å²) in [4.78, 5) is 0.165. The topological polar surface area (TPSA) is 60.2 Å². The van der Waals surface area contributed by atoms with E-state index in [1.54, 1.807) is 24.3 Å². The molecule has 2 aromatic carbocycles. The van der Waals surface area contributed by atoms with E-state index in [4.69, 9.17) is 5.73 Å². The molecule has 0 aliphatic rings. The summed E-state index contributed by atoms with van der Waals surface area (Å²) in [6.45, 7) is 0.0397. The summed E-state index contributed by atoms with van der Waals surface area (Å²) in [6, 6.07) is 10.9. The second-order valence-corrected chi connectivity index (χ2v) is 7.21. The molecule has 0 saturated heterocycles. The molecule has 0 heterocycles. The van der Waals surface area contributed by atoms with E-state index in [1.807, 2.05) is 0 Å². The summed E-state index contributed by atoms with van der Waals surface area (Å²) < 4.78 is 39.3. The van der Waals surface area contributed by atoms with Gasteiger partial charge in [-0.15, -0.1) is 0 Å². The molecule has 20 heavy (non-hydrogen) atoms. The third-order valence-corrected chi connectivity index (χ3v) is 5.11. The Hall–Kier alpha value is -1.24. The van der Waals surface area contributed by atoms with Crippen LogP contribution in [0.2, 0.25) is 0 Å². The van der Waals surface area contributed by atoms with Crippen LogP contribution in [-0.4, -0.2) is 8.42 Å². The molecule has 106 valence electrons. The van der Waals surface area contributed by atoms with E-state index >= 15 is 0 Å². The van der Waals surface area contributed by atoms with E-state index in [0.717, 1.165) is 4.47 Å². The van der Waals surface area contributed by atoms with E-state index in [1.165, 1.54) is 18.2 Å². The normalized spacial score (nSPS) is 11.6. The van der Waals surface area contributed by atoms with Crippen LogP contribution in [0.25, 0.3) is 0 Å². The highest BCUT2D eigenvalue weighted by molar-refractivity contribution is 9.10.